The van der Waals surface area contributed by atoms with Crippen LogP contribution in [0.5, 0.6) is 5.75 Å². The van der Waals surface area contributed by atoms with E-state index in [4.69, 9.17) is 4.74 Å². The van der Waals surface area contributed by atoms with Crippen LogP contribution in [-0.4, -0.2) is 17.1 Å². The van der Waals surface area contributed by atoms with Gasteiger partial charge in [-0.25, -0.2) is 0 Å². The molecule has 0 N–H and O–H groups in total. The SMILES string of the molecule is O=Cc1ccccc1-c1ccc(OCc2ccccc2)c(C(=O)N(Cc2ccccc2)Cc2ccccc2)c1. The van der Waals surface area contributed by atoms with Gasteiger partial charge in [-0.05, 0) is 39.9 Å². The van der Waals surface area contributed by atoms with Crippen molar-refractivity contribution >= 4 is 12.2 Å². The molecule has 5 aromatic rings. The molecule has 39 heavy (non-hydrogen) atoms. The monoisotopic (exact) mass is 511 g/mol. The van der Waals surface area contributed by atoms with Crippen molar-refractivity contribution in [3.05, 3.63) is 161 Å². The topological polar surface area (TPSA) is 46.6 Å². The molecule has 1 amide bonds. The molecule has 0 fully saturated rings. The summed E-state index contributed by atoms with van der Waals surface area (Å²) < 4.78 is 6.23. The second kappa shape index (κ2) is 12.5. The Morgan fingerprint density at radius 3 is 1.77 bits per heavy atom. The first-order valence-electron chi connectivity index (χ1n) is 12.9. The third-order valence-electron chi connectivity index (χ3n) is 6.57. The average Bonchev–Trinajstić information content (AvgIpc) is 3.01. The van der Waals surface area contributed by atoms with Crippen LogP contribution in [0.2, 0.25) is 0 Å². The fraction of sp³-hybridized carbons (Fsp3) is 0.0857. The Balaban J connectivity index is 1.55. The van der Waals surface area contributed by atoms with E-state index >= 15 is 0 Å². The van der Waals surface area contributed by atoms with Crippen molar-refractivity contribution < 1.29 is 14.3 Å². The second-order valence-corrected chi connectivity index (χ2v) is 9.32. The number of amides is 1. The zero-order chi connectivity index (χ0) is 26.9. The second-order valence-electron chi connectivity index (χ2n) is 9.32. The van der Waals surface area contributed by atoms with Crippen molar-refractivity contribution in [1.82, 2.24) is 4.90 Å². The van der Waals surface area contributed by atoms with Crippen molar-refractivity contribution in [3.63, 3.8) is 0 Å². The number of hydrogen-bond acceptors (Lipinski definition) is 3. The van der Waals surface area contributed by atoms with E-state index in [1.807, 2.05) is 132 Å². The summed E-state index contributed by atoms with van der Waals surface area (Å²) in [5.74, 6) is 0.360. The number of carbonyl (C=O) groups excluding carboxylic acids is 2. The van der Waals surface area contributed by atoms with Gasteiger partial charge in [0.05, 0.1) is 5.56 Å². The molecule has 0 aliphatic heterocycles. The largest absolute Gasteiger partial charge is 0.488 e. The third-order valence-corrected chi connectivity index (χ3v) is 6.57. The van der Waals surface area contributed by atoms with Gasteiger partial charge >= 0.3 is 0 Å². The van der Waals surface area contributed by atoms with Crippen LogP contribution in [0.15, 0.2) is 133 Å². The lowest BCUT2D eigenvalue weighted by molar-refractivity contribution is 0.0725. The van der Waals surface area contributed by atoms with Gasteiger partial charge in [-0.3, -0.25) is 9.59 Å². The third kappa shape index (κ3) is 6.49. The molecule has 4 nitrogen and oxygen atoms in total. The van der Waals surface area contributed by atoms with Crippen LogP contribution in [0, 0.1) is 0 Å². The summed E-state index contributed by atoms with van der Waals surface area (Å²) in [6.45, 7) is 1.23. The lowest BCUT2D eigenvalue weighted by Gasteiger charge is -2.25. The van der Waals surface area contributed by atoms with Crippen LogP contribution in [0.1, 0.15) is 37.4 Å². The van der Waals surface area contributed by atoms with Crippen molar-refractivity contribution in [2.24, 2.45) is 0 Å². The van der Waals surface area contributed by atoms with Gasteiger partial charge < -0.3 is 9.64 Å². The van der Waals surface area contributed by atoms with Gasteiger partial charge in [0, 0.05) is 18.7 Å². The zero-order valence-electron chi connectivity index (χ0n) is 21.6. The maximum atomic E-state index is 14.3. The Labute approximate surface area is 229 Å². The highest BCUT2D eigenvalue weighted by atomic mass is 16.5. The molecule has 0 bridgehead atoms. The normalized spacial score (nSPS) is 10.6. The van der Waals surface area contributed by atoms with Gasteiger partial charge in [0.25, 0.3) is 5.91 Å². The Hall–Kier alpha value is -4.96. The smallest absolute Gasteiger partial charge is 0.258 e. The Morgan fingerprint density at radius 1 is 0.641 bits per heavy atom. The number of hydrogen-bond donors (Lipinski definition) is 0. The molecular weight excluding hydrogens is 482 g/mol. The first-order chi connectivity index (χ1) is 19.2. The van der Waals surface area contributed by atoms with E-state index in [-0.39, 0.29) is 5.91 Å². The molecule has 4 heteroatoms. The maximum Gasteiger partial charge on any atom is 0.258 e. The zero-order valence-corrected chi connectivity index (χ0v) is 21.6. The van der Waals surface area contributed by atoms with E-state index in [0.29, 0.717) is 36.6 Å². The van der Waals surface area contributed by atoms with Gasteiger partial charge in [-0.15, -0.1) is 0 Å². The number of carbonyl (C=O) groups is 2. The van der Waals surface area contributed by atoms with Crippen molar-refractivity contribution in [3.8, 4) is 16.9 Å². The van der Waals surface area contributed by atoms with Crippen molar-refractivity contribution in [2.45, 2.75) is 19.7 Å². The van der Waals surface area contributed by atoms with Crippen molar-refractivity contribution in [1.29, 1.82) is 0 Å². The van der Waals surface area contributed by atoms with Crippen LogP contribution < -0.4 is 4.74 Å². The molecule has 5 rings (SSSR count). The summed E-state index contributed by atoms with van der Waals surface area (Å²) in [5.41, 5.74) is 5.67. The van der Waals surface area contributed by atoms with E-state index in [2.05, 4.69) is 0 Å². The minimum Gasteiger partial charge on any atom is -0.488 e. The van der Waals surface area contributed by atoms with E-state index in [9.17, 15) is 9.59 Å². The molecule has 0 atom stereocenters. The van der Waals surface area contributed by atoms with E-state index in [1.54, 1.807) is 6.07 Å². The van der Waals surface area contributed by atoms with Gasteiger partial charge in [0.15, 0.2) is 6.29 Å². The van der Waals surface area contributed by atoms with E-state index in [0.717, 1.165) is 34.1 Å². The fourth-order valence-corrected chi connectivity index (χ4v) is 4.57. The van der Waals surface area contributed by atoms with Gasteiger partial charge in [0.2, 0.25) is 0 Å². The summed E-state index contributed by atoms with van der Waals surface area (Å²) in [7, 11) is 0. The van der Waals surface area contributed by atoms with Gasteiger partial charge in [0.1, 0.15) is 12.4 Å². The first kappa shape index (κ1) is 25.7. The summed E-state index contributed by atoms with van der Waals surface area (Å²) in [6, 6.07) is 42.8. The molecule has 0 saturated carbocycles. The number of rotatable bonds is 10. The lowest BCUT2D eigenvalue weighted by atomic mass is 9.97. The van der Waals surface area contributed by atoms with E-state index in [1.165, 1.54) is 0 Å². The minimum absolute atomic E-state index is 0.142. The molecule has 0 aliphatic carbocycles. The van der Waals surface area contributed by atoms with Crippen LogP contribution in [-0.2, 0) is 19.7 Å². The molecule has 0 heterocycles. The number of ether oxygens (including phenoxy) is 1. The minimum atomic E-state index is -0.142. The van der Waals surface area contributed by atoms with Gasteiger partial charge in [-0.2, -0.15) is 0 Å². The first-order valence-corrected chi connectivity index (χ1v) is 12.9. The lowest BCUT2D eigenvalue weighted by Crippen LogP contribution is -2.30. The highest BCUT2D eigenvalue weighted by Crippen LogP contribution is 2.31. The predicted molar refractivity (Wildman–Crippen MR) is 155 cm³/mol. The van der Waals surface area contributed by atoms with Gasteiger partial charge in [-0.1, -0.05) is 121 Å². The number of nitrogens with zero attached hydrogens (tertiary/aromatic N) is 1. The number of benzene rings is 5. The summed E-state index contributed by atoms with van der Waals surface area (Å²) in [6.07, 6.45) is 0.841. The molecule has 0 saturated heterocycles. The molecule has 0 unspecified atom stereocenters. The van der Waals surface area contributed by atoms with E-state index < -0.39 is 0 Å². The summed E-state index contributed by atoms with van der Waals surface area (Å²) in [5, 5.41) is 0. The Kier molecular flexibility index (Phi) is 8.25. The molecule has 192 valence electrons. The average molecular weight is 512 g/mol. The Bertz CT molecular complexity index is 1490. The Morgan fingerprint density at radius 2 is 1.18 bits per heavy atom. The van der Waals surface area contributed by atoms with Crippen LogP contribution in [0.3, 0.4) is 0 Å². The highest BCUT2D eigenvalue weighted by molar-refractivity contribution is 5.99. The molecule has 0 aromatic heterocycles. The summed E-state index contributed by atoms with van der Waals surface area (Å²) in [4.78, 5) is 27.9. The quantitative estimate of drug-likeness (QED) is 0.182. The molecular formula is C35H29NO3. The standard InChI is InChI=1S/C35H29NO3/c37-25-31-18-10-11-19-32(31)30-20-21-34(39-26-29-16-8-3-9-17-29)33(22-30)35(38)36(23-27-12-4-1-5-13-27)24-28-14-6-2-7-15-28/h1-22,25H,23-24,26H2. The van der Waals surface area contributed by atoms with Crippen LogP contribution in [0.25, 0.3) is 11.1 Å². The molecule has 0 radical (unpaired) electrons. The molecule has 5 aromatic carbocycles. The van der Waals surface area contributed by atoms with Crippen molar-refractivity contribution in [2.75, 3.05) is 0 Å². The summed E-state index contributed by atoms with van der Waals surface area (Å²) >= 11 is 0. The van der Waals surface area contributed by atoms with Crippen LogP contribution in [0.4, 0.5) is 0 Å². The molecule has 0 aliphatic rings. The maximum absolute atomic E-state index is 14.3. The number of aldehydes is 1. The fourth-order valence-electron chi connectivity index (χ4n) is 4.57. The molecule has 0 spiro atoms. The van der Waals surface area contributed by atoms with Crippen LogP contribution >= 0.6 is 0 Å². The predicted octanol–water partition coefficient (Wildman–Crippen LogP) is 7.59. The highest BCUT2D eigenvalue weighted by Gasteiger charge is 2.22.